The van der Waals surface area contributed by atoms with Crippen molar-refractivity contribution < 1.29 is 14.3 Å². The number of fused-ring (bicyclic) bond motifs is 1. The normalized spacial score (nSPS) is 10.6. The summed E-state index contributed by atoms with van der Waals surface area (Å²) in [6, 6.07) is 11.9. The molecule has 3 rings (SSSR count). The third-order valence-corrected chi connectivity index (χ3v) is 5.05. The van der Waals surface area contributed by atoms with Crippen LogP contribution >= 0.6 is 11.8 Å². The van der Waals surface area contributed by atoms with Gasteiger partial charge in [0.15, 0.2) is 11.3 Å². The number of methoxy groups -OCH3 is 1. The van der Waals surface area contributed by atoms with Crippen LogP contribution in [-0.2, 0) is 10.5 Å². The van der Waals surface area contributed by atoms with Crippen molar-refractivity contribution in [2.45, 2.75) is 24.5 Å². The van der Waals surface area contributed by atoms with E-state index in [1.165, 1.54) is 12.7 Å². The number of carbonyl (C=O) groups is 1. The lowest BCUT2D eigenvalue weighted by Crippen LogP contribution is -2.10. The van der Waals surface area contributed by atoms with Crippen LogP contribution in [0, 0.1) is 18.3 Å². The van der Waals surface area contributed by atoms with E-state index in [-0.39, 0.29) is 12.2 Å². The number of rotatable bonds is 6. The fourth-order valence-electron chi connectivity index (χ4n) is 2.71. The van der Waals surface area contributed by atoms with Gasteiger partial charge in [-0.3, -0.25) is 4.40 Å². The Morgan fingerprint density at radius 3 is 2.67 bits per heavy atom. The molecule has 0 aliphatic carbocycles. The maximum atomic E-state index is 12.5. The van der Waals surface area contributed by atoms with Crippen LogP contribution in [0.3, 0.4) is 0 Å². The van der Waals surface area contributed by atoms with Gasteiger partial charge >= 0.3 is 5.97 Å². The number of esters is 1. The summed E-state index contributed by atoms with van der Waals surface area (Å²) in [5.41, 5.74) is 2.77. The van der Waals surface area contributed by atoms with E-state index in [1.807, 2.05) is 31.2 Å². The summed E-state index contributed by atoms with van der Waals surface area (Å²) < 4.78 is 12.1. The molecular formula is C20H19N3O3S. The fourth-order valence-corrected chi connectivity index (χ4v) is 3.55. The van der Waals surface area contributed by atoms with Crippen molar-refractivity contribution in [1.82, 2.24) is 9.38 Å². The van der Waals surface area contributed by atoms with E-state index in [0.717, 1.165) is 4.90 Å². The molecule has 2 heterocycles. The van der Waals surface area contributed by atoms with Gasteiger partial charge < -0.3 is 9.47 Å². The molecule has 0 unspecified atom stereocenters. The molecule has 0 atom stereocenters. The average molecular weight is 381 g/mol. The predicted molar refractivity (Wildman–Crippen MR) is 103 cm³/mol. The first-order valence-corrected chi connectivity index (χ1v) is 9.42. The van der Waals surface area contributed by atoms with Crippen LogP contribution in [0.1, 0.15) is 34.2 Å². The molecule has 0 bridgehead atoms. The van der Waals surface area contributed by atoms with Crippen molar-refractivity contribution in [1.29, 1.82) is 5.26 Å². The number of benzene rings is 1. The maximum Gasteiger partial charge on any atom is 0.357 e. The summed E-state index contributed by atoms with van der Waals surface area (Å²) in [4.78, 5) is 18.2. The van der Waals surface area contributed by atoms with Crippen molar-refractivity contribution in [3.63, 3.8) is 0 Å². The Hall–Kier alpha value is -2.98. The summed E-state index contributed by atoms with van der Waals surface area (Å²) in [5.74, 6) is 0.438. The Morgan fingerprint density at radius 2 is 2.04 bits per heavy atom. The molecule has 0 saturated heterocycles. The second-order valence-corrected chi connectivity index (χ2v) is 6.84. The SMILES string of the molecule is CCOC(=O)c1c(CSc2ccc(C)cc2)nc2c(C#N)c(OC)ccn12. The molecule has 138 valence electrons. The van der Waals surface area contributed by atoms with E-state index >= 15 is 0 Å². The van der Waals surface area contributed by atoms with E-state index in [2.05, 4.69) is 11.1 Å². The largest absolute Gasteiger partial charge is 0.495 e. The Labute approximate surface area is 161 Å². The maximum absolute atomic E-state index is 12.5. The van der Waals surface area contributed by atoms with Gasteiger partial charge in [-0.1, -0.05) is 17.7 Å². The van der Waals surface area contributed by atoms with Gasteiger partial charge in [0.1, 0.15) is 17.4 Å². The molecule has 6 nitrogen and oxygen atoms in total. The highest BCUT2D eigenvalue weighted by Gasteiger charge is 2.23. The summed E-state index contributed by atoms with van der Waals surface area (Å²) in [6.45, 7) is 4.05. The topological polar surface area (TPSA) is 76.6 Å². The molecule has 27 heavy (non-hydrogen) atoms. The van der Waals surface area contributed by atoms with Crippen molar-refractivity contribution in [2.24, 2.45) is 0 Å². The smallest absolute Gasteiger partial charge is 0.357 e. The number of ether oxygens (including phenoxy) is 2. The van der Waals surface area contributed by atoms with Gasteiger partial charge in [-0.15, -0.1) is 11.8 Å². The van der Waals surface area contributed by atoms with Gasteiger partial charge in [-0.05, 0) is 32.0 Å². The molecule has 0 aliphatic heterocycles. The number of thioether (sulfide) groups is 1. The zero-order valence-electron chi connectivity index (χ0n) is 15.4. The molecular weight excluding hydrogens is 362 g/mol. The summed E-state index contributed by atoms with van der Waals surface area (Å²) in [7, 11) is 1.50. The molecule has 1 aromatic carbocycles. The highest BCUT2D eigenvalue weighted by molar-refractivity contribution is 7.98. The molecule has 3 aromatic rings. The van der Waals surface area contributed by atoms with E-state index in [4.69, 9.17) is 9.47 Å². The van der Waals surface area contributed by atoms with Crippen LogP contribution in [0.15, 0.2) is 41.4 Å². The van der Waals surface area contributed by atoms with Gasteiger partial charge in [0.05, 0.1) is 19.4 Å². The second kappa shape index (κ2) is 8.14. The number of nitrogens with zero attached hydrogens (tertiary/aromatic N) is 3. The number of aromatic nitrogens is 2. The minimum absolute atomic E-state index is 0.262. The van der Waals surface area contributed by atoms with Gasteiger partial charge in [0.25, 0.3) is 0 Å². The van der Waals surface area contributed by atoms with E-state index in [0.29, 0.717) is 28.5 Å². The molecule has 7 heteroatoms. The molecule has 0 saturated carbocycles. The third-order valence-electron chi connectivity index (χ3n) is 4.03. The van der Waals surface area contributed by atoms with E-state index < -0.39 is 5.97 Å². The van der Waals surface area contributed by atoms with Gasteiger partial charge in [-0.2, -0.15) is 5.26 Å². The fraction of sp³-hybridized carbons (Fsp3) is 0.250. The zero-order chi connectivity index (χ0) is 19.4. The lowest BCUT2D eigenvalue weighted by atomic mass is 10.2. The van der Waals surface area contributed by atoms with E-state index in [1.54, 1.807) is 35.3 Å². The Bertz CT molecular complexity index is 1020. The van der Waals surface area contributed by atoms with Crippen LogP contribution in [0.25, 0.3) is 5.65 Å². The highest BCUT2D eigenvalue weighted by Crippen LogP contribution is 2.29. The van der Waals surface area contributed by atoms with Crippen LogP contribution < -0.4 is 4.74 Å². The van der Waals surface area contributed by atoms with Gasteiger partial charge in [0.2, 0.25) is 0 Å². The average Bonchev–Trinajstić information content (AvgIpc) is 3.05. The number of pyridine rings is 1. The lowest BCUT2D eigenvalue weighted by molar-refractivity contribution is 0.0517. The van der Waals surface area contributed by atoms with Crippen molar-refractivity contribution in [2.75, 3.05) is 13.7 Å². The number of hydrogen-bond acceptors (Lipinski definition) is 6. The third kappa shape index (κ3) is 3.76. The van der Waals surface area contributed by atoms with Crippen molar-refractivity contribution in [3.05, 3.63) is 59.0 Å². The second-order valence-electron chi connectivity index (χ2n) is 5.79. The minimum atomic E-state index is -0.460. The minimum Gasteiger partial charge on any atom is -0.495 e. The van der Waals surface area contributed by atoms with Gasteiger partial charge in [0, 0.05) is 16.8 Å². The van der Waals surface area contributed by atoms with Crippen LogP contribution in [0.5, 0.6) is 5.75 Å². The first-order chi connectivity index (χ1) is 13.1. The van der Waals surface area contributed by atoms with Crippen LogP contribution in [-0.4, -0.2) is 29.1 Å². The summed E-state index contributed by atoms with van der Waals surface area (Å²) in [5, 5.41) is 9.52. The molecule has 0 amide bonds. The number of imidazole rings is 1. The Morgan fingerprint density at radius 1 is 1.30 bits per heavy atom. The highest BCUT2D eigenvalue weighted by atomic mass is 32.2. The number of nitriles is 1. The molecule has 0 aliphatic rings. The first-order valence-electron chi connectivity index (χ1n) is 8.43. The van der Waals surface area contributed by atoms with E-state index in [9.17, 15) is 10.1 Å². The van der Waals surface area contributed by atoms with Gasteiger partial charge in [-0.25, -0.2) is 9.78 Å². The Kier molecular flexibility index (Phi) is 5.67. The van der Waals surface area contributed by atoms with Crippen molar-refractivity contribution in [3.8, 4) is 11.8 Å². The zero-order valence-corrected chi connectivity index (χ0v) is 16.2. The summed E-state index contributed by atoms with van der Waals surface area (Å²) in [6.07, 6.45) is 1.67. The number of aryl methyl sites for hydroxylation is 1. The van der Waals surface area contributed by atoms with Crippen LogP contribution in [0.4, 0.5) is 0 Å². The number of hydrogen-bond donors (Lipinski definition) is 0. The quantitative estimate of drug-likeness (QED) is 0.475. The molecule has 0 N–H and O–H groups in total. The monoisotopic (exact) mass is 381 g/mol. The van der Waals surface area contributed by atoms with Crippen molar-refractivity contribution >= 4 is 23.4 Å². The van der Waals surface area contributed by atoms with Crippen LogP contribution in [0.2, 0.25) is 0 Å². The summed E-state index contributed by atoms with van der Waals surface area (Å²) >= 11 is 1.57. The predicted octanol–water partition coefficient (Wildman–Crippen LogP) is 3.99. The number of carbonyl (C=O) groups excluding carboxylic acids is 1. The standard InChI is InChI=1S/C20H19N3O3S/c1-4-26-20(24)18-16(12-27-14-7-5-13(2)6-8-14)22-19-15(11-21)17(25-3)9-10-23(18)19/h5-10H,4,12H2,1-3H3. The Balaban J connectivity index is 2.06. The first kappa shape index (κ1) is 18.8. The molecule has 0 radical (unpaired) electrons. The lowest BCUT2D eigenvalue weighted by Gasteiger charge is -2.06. The molecule has 0 spiro atoms. The molecule has 2 aromatic heterocycles. The molecule has 0 fully saturated rings.